The van der Waals surface area contributed by atoms with Gasteiger partial charge in [0.2, 0.25) is 0 Å². The van der Waals surface area contributed by atoms with Crippen LogP contribution in [0.1, 0.15) is 12.7 Å². The molecule has 3 heterocycles. The molecule has 0 unspecified atom stereocenters. The van der Waals surface area contributed by atoms with E-state index in [-0.39, 0.29) is 11.5 Å². The summed E-state index contributed by atoms with van der Waals surface area (Å²) in [7, 11) is 1.39. The molecule has 0 fully saturated rings. The molecule has 0 amide bonds. The maximum absolute atomic E-state index is 12.2. The van der Waals surface area contributed by atoms with Crippen molar-refractivity contribution in [1.82, 2.24) is 24.3 Å². The van der Waals surface area contributed by atoms with Gasteiger partial charge in [-0.05, 0) is 17.5 Å². The summed E-state index contributed by atoms with van der Waals surface area (Å²) in [6, 6.07) is 3.71. The Morgan fingerprint density at radius 2 is 2.10 bits per heavy atom. The van der Waals surface area contributed by atoms with E-state index in [1.54, 1.807) is 0 Å². The van der Waals surface area contributed by atoms with Gasteiger partial charge in [-0.2, -0.15) is 4.98 Å². The standard InChI is InChI=1S/C12H11N5O2S/c1-3-7-13-9-10(14-12(19)16(2)11(9)18)17(15-7)8-5-4-6-20-8/h4-6H,3H2,1-2H3. The Labute approximate surface area is 117 Å². The maximum atomic E-state index is 12.2. The first-order chi connectivity index (χ1) is 9.61. The van der Waals surface area contributed by atoms with Crippen molar-refractivity contribution in [3.05, 3.63) is 44.2 Å². The van der Waals surface area contributed by atoms with Crippen LogP contribution in [0.15, 0.2) is 27.1 Å². The fourth-order valence-electron chi connectivity index (χ4n) is 1.81. The number of fused-ring (bicyclic) bond motifs is 1. The van der Waals surface area contributed by atoms with Crippen LogP contribution in [0.25, 0.3) is 16.5 Å². The van der Waals surface area contributed by atoms with E-state index in [1.807, 2.05) is 24.4 Å². The molecule has 0 spiro atoms. The van der Waals surface area contributed by atoms with Crippen molar-refractivity contribution in [3.8, 4) is 16.5 Å². The molecular formula is C12H11N5O2S. The molecule has 1 aromatic heterocycles. The topological polar surface area (TPSA) is 82.7 Å². The molecule has 2 aliphatic heterocycles. The summed E-state index contributed by atoms with van der Waals surface area (Å²) in [5, 5.41) is 7.01. The Morgan fingerprint density at radius 1 is 1.30 bits per heavy atom. The smallest absolute Gasteiger partial charge is 0.267 e. The lowest BCUT2D eigenvalue weighted by molar-refractivity contribution is 0.699. The maximum Gasteiger partial charge on any atom is 0.352 e. The normalized spacial score (nSPS) is 11.1. The van der Waals surface area contributed by atoms with Gasteiger partial charge >= 0.3 is 5.69 Å². The van der Waals surface area contributed by atoms with Gasteiger partial charge in [-0.25, -0.2) is 14.5 Å². The van der Waals surface area contributed by atoms with E-state index < -0.39 is 11.2 Å². The number of rotatable bonds is 2. The van der Waals surface area contributed by atoms with Crippen LogP contribution in [0.4, 0.5) is 0 Å². The Balaban J connectivity index is 2.46. The van der Waals surface area contributed by atoms with Crippen molar-refractivity contribution in [2.45, 2.75) is 13.3 Å². The molecule has 1 aromatic rings. The van der Waals surface area contributed by atoms with Crippen LogP contribution in [0, 0.1) is 0 Å². The highest BCUT2D eigenvalue weighted by Gasteiger charge is 2.20. The summed E-state index contributed by atoms with van der Waals surface area (Å²) in [6.45, 7) is 1.90. The first-order valence-corrected chi connectivity index (χ1v) is 6.90. The van der Waals surface area contributed by atoms with E-state index in [0.717, 1.165) is 9.57 Å². The molecule has 20 heavy (non-hydrogen) atoms. The predicted octanol–water partition coefficient (Wildman–Crippen LogP) is 0.450. The third kappa shape index (κ3) is 1.85. The monoisotopic (exact) mass is 289 g/mol. The highest BCUT2D eigenvalue weighted by atomic mass is 32.1. The molecule has 0 N–H and O–H groups in total. The van der Waals surface area contributed by atoms with E-state index in [9.17, 15) is 9.59 Å². The lowest BCUT2D eigenvalue weighted by atomic mass is 10.3. The number of nitrogens with zero attached hydrogens (tertiary/aromatic N) is 5. The first kappa shape index (κ1) is 12.7. The van der Waals surface area contributed by atoms with Crippen molar-refractivity contribution < 1.29 is 0 Å². The second-order valence-electron chi connectivity index (χ2n) is 4.18. The Bertz CT molecular complexity index is 849. The van der Waals surface area contributed by atoms with Crippen LogP contribution in [-0.2, 0) is 13.5 Å². The first-order valence-electron chi connectivity index (χ1n) is 6.02. The molecular weight excluding hydrogens is 278 g/mol. The molecule has 0 radical (unpaired) electrons. The average molecular weight is 289 g/mol. The zero-order valence-corrected chi connectivity index (χ0v) is 11.7. The lowest BCUT2D eigenvalue weighted by Gasteiger charge is -2.12. The van der Waals surface area contributed by atoms with Gasteiger partial charge in [0.05, 0.1) is 0 Å². The second-order valence-corrected chi connectivity index (χ2v) is 5.10. The van der Waals surface area contributed by atoms with E-state index in [2.05, 4.69) is 15.1 Å². The molecule has 102 valence electrons. The fourth-order valence-corrected chi connectivity index (χ4v) is 2.49. The van der Waals surface area contributed by atoms with Gasteiger partial charge < -0.3 is 0 Å². The summed E-state index contributed by atoms with van der Waals surface area (Å²) in [5.41, 5.74) is -0.907. The summed E-state index contributed by atoms with van der Waals surface area (Å²) < 4.78 is 2.46. The summed E-state index contributed by atoms with van der Waals surface area (Å²) in [4.78, 5) is 32.0. The van der Waals surface area contributed by atoms with Crippen molar-refractivity contribution in [2.75, 3.05) is 0 Å². The molecule has 3 rings (SSSR count). The van der Waals surface area contributed by atoms with Gasteiger partial charge in [-0.1, -0.05) is 6.92 Å². The van der Waals surface area contributed by atoms with Crippen LogP contribution >= 0.6 is 11.3 Å². The molecule has 0 bridgehead atoms. The van der Waals surface area contributed by atoms with E-state index >= 15 is 0 Å². The average Bonchev–Trinajstić information content (AvgIpc) is 2.98. The second kappa shape index (κ2) is 4.64. The van der Waals surface area contributed by atoms with Crippen LogP contribution in [0.5, 0.6) is 0 Å². The zero-order valence-electron chi connectivity index (χ0n) is 10.9. The highest BCUT2D eigenvalue weighted by molar-refractivity contribution is 7.12. The molecule has 8 heteroatoms. The van der Waals surface area contributed by atoms with Gasteiger partial charge in [-0.15, -0.1) is 16.4 Å². The summed E-state index contributed by atoms with van der Waals surface area (Å²) >= 11 is 1.45. The minimum atomic E-state index is -0.611. The highest BCUT2D eigenvalue weighted by Crippen LogP contribution is 2.20. The van der Waals surface area contributed by atoms with Crippen molar-refractivity contribution in [3.63, 3.8) is 0 Å². The van der Waals surface area contributed by atoms with E-state index in [0.29, 0.717) is 12.2 Å². The summed E-state index contributed by atoms with van der Waals surface area (Å²) in [6.07, 6.45) is 0.587. The molecule has 0 saturated carbocycles. The molecule has 0 aliphatic carbocycles. The number of aryl methyl sites for hydroxylation is 1. The molecule has 0 aromatic carbocycles. The van der Waals surface area contributed by atoms with Gasteiger partial charge in [0.25, 0.3) is 5.56 Å². The Kier molecular flexibility index (Phi) is 2.94. The van der Waals surface area contributed by atoms with Crippen LogP contribution in [0.3, 0.4) is 0 Å². The minimum Gasteiger partial charge on any atom is -0.267 e. The lowest BCUT2D eigenvalue weighted by Crippen LogP contribution is -2.37. The number of aromatic nitrogens is 5. The largest absolute Gasteiger partial charge is 0.352 e. The van der Waals surface area contributed by atoms with Crippen molar-refractivity contribution in [2.24, 2.45) is 7.05 Å². The van der Waals surface area contributed by atoms with Gasteiger partial charge in [-0.3, -0.25) is 9.36 Å². The van der Waals surface area contributed by atoms with Crippen molar-refractivity contribution in [1.29, 1.82) is 0 Å². The fraction of sp³-hybridized carbons (Fsp3) is 0.250. The Morgan fingerprint density at radius 3 is 2.75 bits per heavy atom. The summed E-state index contributed by atoms with van der Waals surface area (Å²) in [5.74, 6) is 0.723. The molecule has 0 saturated heterocycles. The number of thiophene rings is 1. The van der Waals surface area contributed by atoms with Gasteiger partial charge in [0, 0.05) is 13.5 Å². The van der Waals surface area contributed by atoms with Gasteiger partial charge in [0.15, 0.2) is 11.5 Å². The van der Waals surface area contributed by atoms with Crippen LogP contribution in [0.2, 0.25) is 0 Å². The molecule has 0 atom stereocenters. The quantitative estimate of drug-likeness (QED) is 0.684. The number of hydrogen-bond donors (Lipinski definition) is 0. The van der Waals surface area contributed by atoms with Crippen LogP contribution < -0.4 is 11.2 Å². The molecule has 7 nitrogen and oxygen atoms in total. The Hall–Kier alpha value is -2.35. The third-order valence-corrected chi connectivity index (χ3v) is 3.74. The zero-order chi connectivity index (χ0) is 14.3. The molecule has 2 aliphatic rings. The van der Waals surface area contributed by atoms with Gasteiger partial charge in [0.1, 0.15) is 10.8 Å². The van der Waals surface area contributed by atoms with E-state index in [4.69, 9.17) is 0 Å². The third-order valence-electron chi connectivity index (χ3n) is 2.90. The van der Waals surface area contributed by atoms with E-state index in [1.165, 1.54) is 23.1 Å². The van der Waals surface area contributed by atoms with Crippen molar-refractivity contribution >= 4 is 11.3 Å². The predicted molar refractivity (Wildman–Crippen MR) is 74.5 cm³/mol. The van der Waals surface area contributed by atoms with Crippen LogP contribution in [-0.4, -0.2) is 24.3 Å². The minimum absolute atomic E-state index is 0.160. The number of hydrogen-bond acceptors (Lipinski definition) is 6. The SMILES string of the molecule is CCc1nc2c(=O)n(C)c(=O)nc-2n(-c2cccs2)n1.